The molecule has 248 valence electrons. The van der Waals surface area contributed by atoms with Crippen LogP contribution in [0.5, 0.6) is 5.75 Å². The first-order chi connectivity index (χ1) is 22.5. The summed E-state index contributed by atoms with van der Waals surface area (Å²) >= 11 is 6.14. The average molecular weight is 680 g/mol. The van der Waals surface area contributed by atoms with E-state index in [1.165, 1.54) is 4.90 Å². The van der Waals surface area contributed by atoms with E-state index in [4.69, 9.17) is 16.3 Å². The van der Waals surface area contributed by atoms with Gasteiger partial charge < -0.3 is 15.0 Å². The molecule has 0 aliphatic carbocycles. The summed E-state index contributed by atoms with van der Waals surface area (Å²) in [7, 11) is -4.37. The number of sulfonamides is 1. The Hall–Kier alpha value is -4.41. The summed E-state index contributed by atoms with van der Waals surface area (Å²) in [5, 5.41) is 3.52. The number of halogens is 2. The third kappa shape index (κ3) is 9.56. The molecule has 0 heterocycles. The highest BCUT2D eigenvalue weighted by molar-refractivity contribution is 7.92. The van der Waals surface area contributed by atoms with Crippen molar-refractivity contribution in [2.24, 2.45) is 0 Å². The van der Waals surface area contributed by atoms with E-state index in [1.807, 2.05) is 51.1 Å². The van der Waals surface area contributed by atoms with E-state index in [1.54, 1.807) is 48.5 Å². The van der Waals surface area contributed by atoms with Gasteiger partial charge >= 0.3 is 0 Å². The molecule has 0 aliphatic rings. The Morgan fingerprint density at radius 3 is 2.11 bits per heavy atom. The van der Waals surface area contributed by atoms with Crippen LogP contribution in [0.2, 0.25) is 5.02 Å². The highest BCUT2D eigenvalue weighted by Gasteiger charge is 2.35. The molecule has 0 unspecified atom stereocenters. The van der Waals surface area contributed by atoms with E-state index in [2.05, 4.69) is 5.32 Å². The second kappa shape index (κ2) is 16.4. The van der Waals surface area contributed by atoms with Crippen LogP contribution in [-0.4, -0.2) is 50.4 Å². The first-order valence-corrected chi connectivity index (χ1v) is 17.2. The lowest BCUT2D eigenvalue weighted by Crippen LogP contribution is -2.54. The van der Waals surface area contributed by atoms with Crippen molar-refractivity contribution in [3.63, 3.8) is 0 Å². The summed E-state index contributed by atoms with van der Waals surface area (Å²) in [5.74, 6) is -1.05. The van der Waals surface area contributed by atoms with Crippen molar-refractivity contribution in [1.29, 1.82) is 0 Å². The number of ether oxygens (including phenoxy) is 1. The predicted octanol–water partition coefficient (Wildman–Crippen LogP) is 6.63. The molecule has 0 radical (unpaired) electrons. The van der Waals surface area contributed by atoms with Crippen LogP contribution in [0.1, 0.15) is 38.3 Å². The van der Waals surface area contributed by atoms with Gasteiger partial charge in [0.1, 0.15) is 24.2 Å². The Morgan fingerprint density at radius 2 is 1.51 bits per heavy atom. The third-order valence-electron chi connectivity index (χ3n) is 7.65. The summed E-state index contributed by atoms with van der Waals surface area (Å²) in [6.07, 6.45) is 0.868. The Kier molecular flexibility index (Phi) is 12.4. The van der Waals surface area contributed by atoms with Gasteiger partial charge in [-0.2, -0.15) is 0 Å². The lowest BCUT2D eigenvalue weighted by molar-refractivity contribution is -0.140. The summed E-state index contributed by atoms with van der Waals surface area (Å²) in [5.41, 5.74) is 1.72. The fourth-order valence-electron chi connectivity index (χ4n) is 4.92. The second-order valence-corrected chi connectivity index (χ2v) is 13.4. The smallest absolute Gasteiger partial charge is 0.264 e. The number of nitrogens with zero attached hydrogens (tertiary/aromatic N) is 2. The molecular formula is C36H39ClFN3O5S. The van der Waals surface area contributed by atoms with Crippen molar-refractivity contribution in [2.75, 3.05) is 17.5 Å². The number of hydrogen-bond donors (Lipinski definition) is 1. The summed E-state index contributed by atoms with van der Waals surface area (Å²) in [6, 6.07) is 25.8. The number of anilines is 1. The molecule has 47 heavy (non-hydrogen) atoms. The van der Waals surface area contributed by atoms with Crippen LogP contribution in [-0.2, 0) is 32.6 Å². The maximum absolute atomic E-state index is 14.5. The van der Waals surface area contributed by atoms with Gasteiger partial charge in [-0.3, -0.25) is 13.9 Å². The minimum Gasteiger partial charge on any atom is -0.494 e. The lowest BCUT2D eigenvalue weighted by atomic mass is 10.0. The van der Waals surface area contributed by atoms with E-state index >= 15 is 0 Å². The molecule has 0 bridgehead atoms. The van der Waals surface area contributed by atoms with Gasteiger partial charge in [0.15, 0.2) is 0 Å². The van der Waals surface area contributed by atoms with E-state index < -0.39 is 34.3 Å². The van der Waals surface area contributed by atoms with Crippen LogP contribution in [0, 0.1) is 5.82 Å². The zero-order chi connectivity index (χ0) is 34.0. The van der Waals surface area contributed by atoms with E-state index in [0.717, 1.165) is 34.1 Å². The molecule has 0 fully saturated rings. The number of hydrogen-bond acceptors (Lipinski definition) is 5. The van der Waals surface area contributed by atoms with Gasteiger partial charge in [-0.15, -0.1) is 0 Å². The zero-order valence-electron chi connectivity index (χ0n) is 26.6. The van der Waals surface area contributed by atoms with Gasteiger partial charge in [0.25, 0.3) is 10.0 Å². The van der Waals surface area contributed by atoms with E-state index in [0.29, 0.717) is 29.4 Å². The molecule has 4 aromatic rings. The van der Waals surface area contributed by atoms with Crippen molar-refractivity contribution < 1.29 is 27.1 Å². The number of carbonyl (C=O) groups is 2. The molecule has 4 rings (SSSR count). The third-order valence-corrected chi connectivity index (χ3v) is 9.69. The molecule has 0 aromatic heterocycles. The van der Waals surface area contributed by atoms with Crippen molar-refractivity contribution >= 4 is 39.1 Å². The van der Waals surface area contributed by atoms with Gasteiger partial charge in [-0.1, -0.05) is 61.0 Å². The van der Waals surface area contributed by atoms with Crippen molar-refractivity contribution in [3.8, 4) is 5.75 Å². The zero-order valence-corrected chi connectivity index (χ0v) is 28.2. The molecule has 2 atom stereocenters. The largest absolute Gasteiger partial charge is 0.494 e. The Labute approximate surface area is 281 Å². The molecule has 1 N–H and O–H groups in total. The van der Waals surface area contributed by atoms with Crippen LogP contribution in [0.15, 0.2) is 108 Å². The number of nitrogens with one attached hydrogen (secondary N) is 1. The topological polar surface area (TPSA) is 96.0 Å². The fourth-order valence-corrected chi connectivity index (χ4v) is 6.46. The van der Waals surface area contributed by atoms with Gasteiger partial charge in [-0.05, 0) is 92.1 Å². The van der Waals surface area contributed by atoms with Gasteiger partial charge in [-0.25, -0.2) is 12.8 Å². The number of benzene rings is 4. The molecule has 0 saturated heterocycles. The first kappa shape index (κ1) is 35.4. The standard InChI is InChI=1S/C36H39ClFN3O5S/c1-4-26(3)39-36(43)34(23-27-9-7-6-8-10-27)40(24-28-11-13-29(37)14-12-28)35(42)25-41(31-17-19-32(20-18-31)46-5-2)47(44,45)33-21-15-30(38)16-22-33/h6-22,26,34H,4-5,23-25H2,1-3H3,(H,39,43)/t26-,34-/m0/s1. The van der Waals surface area contributed by atoms with Crippen LogP contribution >= 0.6 is 11.6 Å². The fraction of sp³-hybridized carbons (Fsp3) is 0.278. The van der Waals surface area contributed by atoms with Crippen molar-refractivity contribution in [3.05, 3.63) is 125 Å². The van der Waals surface area contributed by atoms with Crippen LogP contribution < -0.4 is 14.4 Å². The van der Waals surface area contributed by atoms with E-state index in [-0.39, 0.29) is 35.5 Å². The molecule has 8 nitrogen and oxygen atoms in total. The Morgan fingerprint density at radius 1 is 0.872 bits per heavy atom. The molecule has 11 heteroatoms. The second-order valence-electron chi connectivity index (χ2n) is 11.1. The van der Waals surface area contributed by atoms with Gasteiger partial charge in [0.2, 0.25) is 11.8 Å². The molecule has 0 saturated carbocycles. The average Bonchev–Trinajstić information content (AvgIpc) is 3.07. The minimum atomic E-state index is -4.37. The quantitative estimate of drug-likeness (QED) is 0.152. The highest BCUT2D eigenvalue weighted by Crippen LogP contribution is 2.27. The number of carbonyl (C=O) groups excluding carboxylic acids is 2. The summed E-state index contributed by atoms with van der Waals surface area (Å²) in [4.78, 5) is 29.6. The Bertz CT molecular complexity index is 1720. The van der Waals surface area contributed by atoms with E-state index in [9.17, 15) is 22.4 Å². The van der Waals surface area contributed by atoms with Crippen molar-refractivity contribution in [2.45, 2.75) is 57.1 Å². The van der Waals surface area contributed by atoms with Gasteiger partial charge in [0, 0.05) is 24.0 Å². The summed E-state index contributed by atoms with van der Waals surface area (Å²) in [6.45, 7) is 5.44. The highest BCUT2D eigenvalue weighted by atomic mass is 35.5. The maximum Gasteiger partial charge on any atom is 0.264 e. The normalized spacial score (nSPS) is 12.5. The molecule has 0 spiro atoms. The first-order valence-electron chi connectivity index (χ1n) is 15.4. The lowest BCUT2D eigenvalue weighted by Gasteiger charge is -2.34. The minimum absolute atomic E-state index is 0.00907. The van der Waals surface area contributed by atoms with Crippen molar-refractivity contribution in [1.82, 2.24) is 10.2 Å². The monoisotopic (exact) mass is 679 g/mol. The summed E-state index contributed by atoms with van der Waals surface area (Å²) < 4.78 is 48.5. The van der Waals surface area contributed by atoms with Crippen LogP contribution in [0.4, 0.5) is 10.1 Å². The molecule has 4 aromatic carbocycles. The molecule has 2 amide bonds. The number of amides is 2. The molecular weight excluding hydrogens is 641 g/mol. The predicted molar refractivity (Wildman–Crippen MR) is 182 cm³/mol. The Balaban J connectivity index is 1.80. The molecule has 0 aliphatic heterocycles. The van der Waals surface area contributed by atoms with Crippen LogP contribution in [0.25, 0.3) is 0 Å². The SMILES string of the molecule is CCOc1ccc(N(CC(=O)N(Cc2ccc(Cl)cc2)[C@@H](Cc2ccccc2)C(=O)N[C@@H](C)CC)S(=O)(=O)c2ccc(F)cc2)cc1. The number of rotatable bonds is 15. The van der Waals surface area contributed by atoms with Crippen LogP contribution in [0.3, 0.4) is 0 Å². The van der Waals surface area contributed by atoms with Gasteiger partial charge in [0.05, 0.1) is 17.2 Å². The maximum atomic E-state index is 14.5.